The second-order valence-electron chi connectivity index (χ2n) is 3.61. The molecule has 1 unspecified atom stereocenters. The third kappa shape index (κ3) is 2.04. The van der Waals surface area contributed by atoms with Crippen molar-refractivity contribution in [3.05, 3.63) is 29.8 Å². The zero-order valence-electron chi connectivity index (χ0n) is 9.23. The highest BCUT2D eigenvalue weighted by Crippen LogP contribution is 2.25. The number of aromatic nitrogens is 2. The van der Waals surface area contributed by atoms with E-state index in [2.05, 4.69) is 23.4 Å². The van der Waals surface area contributed by atoms with Crippen molar-refractivity contribution < 1.29 is 4.74 Å². The highest BCUT2D eigenvalue weighted by molar-refractivity contribution is 5.19. The van der Waals surface area contributed by atoms with E-state index in [9.17, 15) is 0 Å². The average molecular weight is 207 g/mol. The molecule has 1 N–H and O–H groups in total. The van der Waals surface area contributed by atoms with Crippen molar-refractivity contribution in [1.29, 1.82) is 0 Å². The molecule has 0 spiro atoms. The molecule has 0 amide bonds. The average Bonchev–Trinajstić information content (AvgIpc) is 2.85. The molecule has 0 saturated heterocycles. The van der Waals surface area contributed by atoms with Crippen molar-refractivity contribution in [2.24, 2.45) is 7.05 Å². The van der Waals surface area contributed by atoms with Gasteiger partial charge in [0.2, 0.25) is 0 Å². The Labute approximate surface area is 89.9 Å². The lowest BCUT2D eigenvalue weighted by Crippen LogP contribution is -2.25. The second-order valence-corrected chi connectivity index (χ2v) is 3.61. The van der Waals surface area contributed by atoms with Crippen LogP contribution in [0.15, 0.2) is 24.1 Å². The zero-order valence-corrected chi connectivity index (χ0v) is 9.23. The lowest BCUT2D eigenvalue weighted by Gasteiger charge is -2.19. The van der Waals surface area contributed by atoms with E-state index in [1.54, 1.807) is 0 Å². The van der Waals surface area contributed by atoms with Crippen LogP contribution >= 0.6 is 0 Å². The minimum absolute atomic E-state index is 0.144. The molecule has 82 valence electrons. The number of likely N-dealkylation sites (N-methyl/N-ethyl adjacent to an activating group) is 1. The van der Waals surface area contributed by atoms with Crippen molar-refractivity contribution in [2.45, 2.75) is 19.4 Å². The summed E-state index contributed by atoms with van der Waals surface area (Å²) in [4.78, 5) is 0. The standard InChI is InChI=1S/C11H17N3O/c1-3-12-11(10-5-4-8-15-10)9-6-7-13-14(9)2/h5-7,11-12H,3-4,8H2,1-2H3. The van der Waals surface area contributed by atoms with Crippen LogP contribution in [0.4, 0.5) is 0 Å². The predicted octanol–water partition coefficient (Wildman–Crippen LogP) is 1.37. The Balaban J connectivity index is 2.23. The van der Waals surface area contributed by atoms with E-state index in [0.29, 0.717) is 0 Å². The number of rotatable bonds is 4. The zero-order chi connectivity index (χ0) is 10.7. The first-order chi connectivity index (χ1) is 7.33. The van der Waals surface area contributed by atoms with E-state index in [1.165, 1.54) is 0 Å². The minimum atomic E-state index is 0.144. The van der Waals surface area contributed by atoms with Gasteiger partial charge in [-0.3, -0.25) is 4.68 Å². The fraction of sp³-hybridized carbons (Fsp3) is 0.545. The first kappa shape index (κ1) is 10.2. The summed E-state index contributed by atoms with van der Waals surface area (Å²) in [6, 6.07) is 2.17. The first-order valence-electron chi connectivity index (χ1n) is 5.37. The van der Waals surface area contributed by atoms with E-state index < -0.39 is 0 Å². The van der Waals surface area contributed by atoms with Crippen LogP contribution in [-0.4, -0.2) is 22.9 Å². The van der Waals surface area contributed by atoms with Crippen LogP contribution in [0.1, 0.15) is 25.1 Å². The number of aryl methyl sites for hydroxylation is 1. The molecule has 4 heteroatoms. The summed E-state index contributed by atoms with van der Waals surface area (Å²) in [5, 5.41) is 7.60. The van der Waals surface area contributed by atoms with Crippen LogP contribution < -0.4 is 5.32 Å². The number of hydrogen-bond donors (Lipinski definition) is 1. The van der Waals surface area contributed by atoms with Gasteiger partial charge >= 0.3 is 0 Å². The van der Waals surface area contributed by atoms with Gasteiger partial charge in [-0.2, -0.15) is 5.10 Å². The summed E-state index contributed by atoms with van der Waals surface area (Å²) in [5.41, 5.74) is 1.14. The van der Waals surface area contributed by atoms with E-state index in [-0.39, 0.29) is 6.04 Å². The summed E-state index contributed by atoms with van der Waals surface area (Å²) in [6.45, 7) is 3.81. The molecule has 1 aromatic rings. The molecule has 0 bridgehead atoms. The normalized spacial score (nSPS) is 17.3. The highest BCUT2D eigenvalue weighted by atomic mass is 16.5. The second kappa shape index (κ2) is 4.49. The van der Waals surface area contributed by atoms with Crippen molar-refractivity contribution in [1.82, 2.24) is 15.1 Å². The number of nitrogens with zero attached hydrogens (tertiary/aromatic N) is 2. The van der Waals surface area contributed by atoms with Gasteiger partial charge in [0.15, 0.2) is 0 Å². The maximum Gasteiger partial charge on any atom is 0.115 e. The summed E-state index contributed by atoms with van der Waals surface area (Å²) in [7, 11) is 1.95. The van der Waals surface area contributed by atoms with Gasteiger partial charge in [0.05, 0.1) is 12.3 Å². The molecule has 15 heavy (non-hydrogen) atoms. The highest BCUT2D eigenvalue weighted by Gasteiger charge is 2.22. The molecular weight excluding hydrogens is 190 g/mol. The number of ether oxygens (including phenoxy) is 1. The number of hydrogen-bond acceptors (Lipinski definition) is 3. The molecule has 1 aromatic heterocycles. The van der Waals surface area contributed by atoms with Crippen molar-refractivity contribution in [2.75, 3.05) is 13.2 Å². The van der Waals surface area contributed by atoms with Crippen molar-refractivity contribution in [3.63, 3.8) is 0 Å². The van der Waals surface area contributed by atoms with Gasteiger partial charge in [0, 0.05) is 19.7 Å². The fourth-order valence-corrected chi connectivity index (χ4v) is 1.86. The molecule has 0 radical (unpaired) electrons. The third-order valence-corrected chi connectivity index (χ3v) is 2.58. The molecule has 0 aromatic carbocycles. The summed E-state index contributed by atoms with van der Waals surface area (Å²) in [5.74, 6) is 1.03. The molecule has 1 aliphatic rings. The van der Waals surface area contributed by atoms with Crippen LogP contribution in [0.2, 0.25) is 0 Å². The Morgan fingerprint density at radius 2 is 2.53 bits per heavy atom. The summed E-state index contributed by atoms with van der Waals surface area (Å²) < 4.78 is 7.49. The molecule has 0 aliphatic carbocycles. The quantitative estimate of drug-likeness (QED) is 0.810. The first-order valence-corrected chi connectivity index (χ1v) is 5.37. The van der Waals surface area contributed by atoms with Crippen LogP contribution in [0.3, 0.4) is 0 Å². The van der Waals surface area contributed by atoms with Crippen LogP contribution in [0.5, 0.6) is 0 Å². The van der Waals surface area contributed by atoms with Gasteiger partial charge in [-0.15, -0.1) is 0 Å². The molecule has 2 rings (SSSR count). The van der Waals surface area contributed by atoms with E-state index in [1.807, 2.05) is 24.0 Å². The van der Waals surface area contributed by atoms with Gasteiger partial charge in [-0.1, -0.05) is 6.92 Å². The Morgan fingerprint density at radius 1 is 1.67 bits per heavy atom. The summed E-state index contributed by atoms with van der Waals surface area (Å²) in [6.07, 6.45) is 4.98. The summed E-state index contributed by atoms with van der Waals surface area (Å²) >= 11 is 0. The van der Waals surface area contributed by atoms with Crippen LogP contribution in [-0.2, 0) is 11.8 Å². The largest absolute Gasteiger partial charge is 0.496 e. The SMILES string of the molecule is CCNC(C1=CCCO1)c1ccnn1C. The maximum atomic E-state index is 5.60. The van der Waals surface area contributed by atoms with Gasteiger partial charge in [-0.25, -0.2) is 0 Å². The van der Waals surface area contributed by atoms with E-state index in [0.717, 1.165) is 31.0 Å². The third-order valence-electron chi connectivity index (χ3n) is 2.58. The van der Waals surface area contributed by atoms with Crippen molar-refractivity contribution in [3.8, 4) is 0 Å². The predicted molar refractivity (Wildman–Crippen MR) is 58.3 cm³/mol. The molecule has 1 aliphatic heterocycles. The van der Waals surface area contributed by atoms with Gasteiger partial charge in [0.1, 0.15) is 11.8 Å². The Kier molecular flexibility index (Phi) is 3.06. The topological polar surface area (TPSA) is 39.1 Å². The van der Waals surface area contributed by atoms with E-state index in [4.69, 9.17) is 4.74 Å². The van der Waals surface area contributed by atoms with Gasteiger partial charge in [0.25, 0.3) is 0 Å². The van der Waals surface area contributed by atoms with E-state index >= 15 is 0 Å². The smallest absolute Gasteiger partial charge is 0.115 e. The molecule has 1 atom stereocenters. The molecule has 2 heterocycles. The Bertz CT molecular complexity index is 356. The minimum Gasteiger partial charge on any atom is -0.496 e. The number of nitrogens with one attached hydrogen (secondary N) is 1. The lowest BCUT2D eigenvalue weighted by molar-refractivity contribution is 0.213. The Hall–Kier alpha value is -1.29. The van der Waals surface area contributed by atoms with Gasteiger partial charge in [-0.05, 0) is 18.7 Å². The Morgan fingerprint density at radius 3 is 3.07 bits per heavy atom. The fourth-order valence-electron chi connectivity index (χ4n) is 1.86. The van der Waals surface area contributed by atoms with Crippen LogP contribution in [0.25, 0.3) is 0 Å². The monoisotopic (exact) mass is 207 g/mol. The van der Waals surface area contributed by atoms with Gasteiger partial charge < -0.3 is 10.1 Å². The maximum absolute atomic E-state index is 5.60. The van der Waals surface area contributed by atoms with Crippen LogP contribution in [0, 0.1) is 0 Å². The molecular formula is C11H17N3O. The molecule has 0 saturated carbocycles. The lowest BCUT2D eigenvalue weighted by atomic mass is 10.1. The van der Waals surface area contributed by atoms with Crippen molar-refractivity contribution >= 4 is 0 Å². The molecule has 0 fully saturated rings. The molecule has 4 nitrogen and oxygen atoms in total.